The van der Waals surface area contributed by atoms with Crippen LogP contribution in [-0.4, -0.2) is 31.6 Å². The van der Waals surface area contributed by atoms with E-state index in [4.69, 9.17) is 4.74 Å². The predicted octanol–water partition coefficient (Wildman–Crippen LogP) is 2.00. The summed E-state index contributed by atoms with van der Waals surface area (Å²) < 4.78 is 5.19. The Morgan fingerprint density at radius 3 is 2.47 bits per heavy atom. The van der Waals surface area contributed by atoms with E-state index in [0.29, 0.717) is 12.5 Å². The highest BCUT2D eigenvalue weighted by atomic mass is 16.6. The number of hydrogen-bond donors (Lipinski definition) is 2. The molecule has 0 saturated carbocycles. The standard InChI is InChI=1S/C12H27NO2/c1-5-11(7-8-13-4)9-10(3)12(14)15-6-2/h10-14H,5-9H2,1-4H3. The monoisotopic (exact) mass is 217 g/mol. The fourth-order valence-electron chi connectivity index (χ4n) is 1.81. The molecule has 0 spiro atoms. The molecule has 15 heavy (non-hydrogen) atoms. The second kappa shape index (κ2) is 9.13. The Hall–Kier alpha value is -0.120. The van der Waals surface area contributed by atoms with Crippen LogP contribution in [0.2, 0.25) is 0 Å². The van der Waals surface area contributed by atoms with Crippen LogP contribution in [-0.2, 0) is 4.74 Å². The van der Waals surface area contributed by atoms with Crippen LogP contribution in [0.5, 0.6) is 0 Å². The van der Waals surface area contributed by atoms with Gasteiger partial charge in [-0.15, -0.1) is 0 Å². The van der Waals surface area contributed by atoms with Gasteiger partial charge in [0.05, 0.1) is 0 Å². The van der Waals surface area contributed by atoms with Gasteiger partial charge in [-0.25, -0.2) is 0 Å². The van der Waals surface area contributed by atoms with Gasteiger partial charge in [-0.1, -0.05) is 20.3 Å². The van der Waals surface area contributed by atoms with Crippen molar-refractivity contribution in [2.24, 2.45) is 11.8 Å². The summed E-state index contributed by atoms with van der Waals surface area (Å²) in [4.78, 5) is 0. The van der Waals surface area contributed by atoms with Crippen LogP contribution in [0.25, 0.3) is 0 Å². The molecule has 0 radical (unpaired) electrons. The molecule has 92 valence electrons. The van der Waals surface area contributed by atoms with Crippen molar-refractivity contribution >= 4 is 0 Å². The molecule has 0 aliphatic carbocycles. The number of ether oxygens (including phenoxy) is 1. The third kappa shape index (κ3) is 6.88. The molecule has 3 atom stereocenters. The minimum atomic E-state index is -0.598. The van der Waals surface area contributed by atoms with E-state index in [2.05, 4.69) is 19.2 Å². The SMILES string of the molecule is CCOC(O)C(C)CC(CC)CCNC. The van der Waals surface area contributed by atoms with Gasteiger partial charge in [0.15, 0.2) is 6.29 Å². The number of hydrogen-bond acceptors (Lipinski definition) is 3. The summed E-state index contributed by atoms with van der Waals surface area (Å²) in [7, 11) is 1.98. The van der Waals surface area contributed by atoms with E-state index in [-0.39, 0.29) is 5.92 Å². The maximum Gasteiger partial charge on any atom is 0.157 e. The zero-order valence-corrected chi connectivity index (χ0v) is 10.6. The molecule has 2 N–H and O–H groups in total. The Labute approximate surface area is 94.2 Å². The largest absolute Gasteiger partial charge is 0.368 e. The molecule has 0 aliphatic rings. The van der Waals surface area contributed by atoms with E-state index in [1.165, 1.54) is 12.8 Å². The van der Waals surface area contributed by atoms with Crippen LogP contribution < -0.4 is 5.32 Å². The summed E-state index contributed by atoms with van der Waals surface area (Å²) in [6, 6.07) is 0. The quantitative estimate of drug-likeness (QED) is 0.580. The Balaban J connectivity index is 3.83. The molecular formula is C12H27NO2. The molecule has 0 aromatic carbocycles. The lowest BCUT2D eigenvalue weighted by atomic mass is 9.90. The van der Waals surface area contributed by atoms with Gasteiger partial charge in [-0.3, -0.25) is 0 Å². The van der Waals surface area contributed by atoms with Gasteiger partial charge in [0.25, 0.3) is 0 Å². The Morgan fingerprint density at radius 2 is 2.00 bits per heavy atom. The van der Waals surface area contributed by atoms with Crippen LogP contribution in [0.15, 0.2) is 0 Å². The molecule has 0 aromatic heterocycles. The van der Waals surface area contributed by atoms with Crippen molar-refractivity contribution in [1.29, 1.82) is 0 Å². The van der Waals surface area contributed by atoms with Crippen molar-refractivity contribution in [1.82, 2.24) is 5.32 Å². The number of aliphatic hydroxyl groups excluding tert-OH is 1. The van der Waals surface area contributed by atoms with Crippen molar-refractivity contribution in [3.8, 4) is 0 Å². The molecule has 3 nitrogen and oxygen atoms in total. The molecule has 0 saturated heterocycles. The van der Waals surface area contributed by atoms with Gasteiger partial charge in [-0.05, 0) is 39.3 Å². The van der Waals surface area contributed by atoms with E-state index in [1.807, 2.05) is 14.0 Å². The van der Waals surface area contributed by atoms with E-state index in [9.17, 15) is 5.11 Å². The molecule has 0 aromatic rings. The van der Waals surface area contributed by atoms with Crippen molar-refractivity contribution in [3.63, 3.8) is 0 Å². The molecule has 3 unspecified atom stereocenters. The summed E-state index contributed by atoms with van der Waals surface area (Å²) in [6.45, 7) is 7.81. The van der Waals surface area contributed by atoms with Crippen LogP contribution in [0.3, 0.4) is 0 Å². The summed E-state index contributed by atoms with van der Waals surface area (Å²) in [5, 5.41) is 12.8. The molecular weight excluding hydrogens is 190 g/mol. The highest BCUT2D eigenvalue weighted by Crippen LogP contribution is 2.21. The third-order valence-corrected chi connectivity index (χ3v) is 2.91. The minimum absolute atomic E-state index is 0.228. The molecule has 0 heterocycles. The zero-order chi connectivity index (χ0) is 11.7. The second-order valence-electron chi connectivity index (χ2n) is 4.23. The van der Waals surface area contributed by atoms with E-state index < -0.39 is 6.29 Å². The topological polar surface area (TPSA) is 41.5 Å². The summed E-state index contributed by atoms with van der Waals surface area (Å²) >= 11 is 0. The smallest absolute Gasteiger partial charge is 0.157 e. The fourth-order valence-corrected chi connectivity index (χ4v) is 1.81. The lowest BCUT2D eigenvalue weighted by molar-refractivity contribution is -0.130. The maximum absolute atomic E-state index is 9.65. The Bertz CT molecular complexity index is 142. The number of rotatable bonds is 9. The van der Waals surface area contributed by atoms with Gasteiger partial charge in [0.1, 0.15) is 0 Å². The highest BCUT2D eigenvalue weighted by Gasteiger charge is 2.18. The van der Waals surface area contributed by atoms with Crippen LogP contribution in [0.1, 0.15) is 40.0 Å². The van der Waals surface area contributed by atoms with E-state index >= 15 is 0 Å². The first-order valence-corrected chi connectivity index (χ1v) is 6.09. The fraction of sp³-hybridized carbons (Fsp3) is 1.00. The maximum atomic E-state index is 9.65. The first-order valence-electron chi connectivity index (χ1n) is 6.09. The molecule has 3 heteroatoms. The molecule has 0 amide bonds. The third-order valence-electron chi connectivity index (χ3n) is 2.91. The average Bonchev–Trinajstić information content (AvgIpc) is 2.24. The first-order chi connectivity index (χ1) is 7.15. The number of aliphatic hydroxyl groups is 1. The van der Waals surface area contributed by atoms with Crippen molar-refractivity contribution in [2.45, 2.75) is 46.3 Å². The summed E-state index contributed by atoms with van der Waals surface area (Å²) in [6.07, 6.45) is 2.79. The van der Waals surface area contributed by atoms with Crippen molar-refractivity contribution in [3.05, 3.63) is 0 Å². The number of nitrogens with one attached hydrogen (secondary N) is 1. The molecule has 0 rings (SSSR count). The van der Waals surface area contributed by atoms with Gasteiger partial charge < -0.3 is 15.2 Å². The lowest BCUT2D eigenvalue weighted by Gasteiger charge is -2.23. The molecule has 0 fully saturated rings. The highest BCUT2D eigenvalue weighted by molar-refractivity contribution is 4.65. The van der Waals surface area contributed by atoms with Gasteiger partial charge in [-0.2, -0.15) is 0 Å². The second-order valence-corrected chi connectivity index (χ2v) is 4.23. The normalized spacial score (nSPS) is 17.4. The van der Waals surface area contributed by atoms with Crippen molar-refractivity contribution in [2.75, 3.05) is 20.2 Å². The summed E-state index contributed by atoms with van der Waals surface area (Å²) in [5.74, 6) is 0.911. The van der Waals surface area contributed by atoms with Gasteiger partial charge in [0, 0.05) is 12.5 Å². The average molecular weight is 217 g/mol. The first kappa shape index (κ1) is 14.9. The van der Waals surface area contributed by atoms with Gasteiger partial charge in [0.2, 0.25) is 0 Å². The van der Waals surface area contributed by atoms with E-state index in [1.54, 1.807) is 0 Å². The predicted molar refractivity (Wildman–Crippen MR) is 63.7 cm³/mol. The van der Waals surface area contributed by atoms with Gasteiger partial charge >= 0.3 is 0 Å². The summed E-state index contributed by atoms with van der Waals surface area (Å²) in [5.41, 5.74) is 0. The lowest BCUT2D eigenvalue weighted by Crippen LogP contribution is -2.24. The van der Waals surface area contributed by atoms with Crippen LogP contribution in [0.4, 0.5) is 0 Å². The van der Waals surface area contributed by atoms with Crippen LogP contribution in [0, 0.1) is 11.8 Å². The molecule has 0 aliphatic heterocycles. The molecule has 0 bridgehead atoms. The minimum Gasteiger partial charge on any atom is -0.368 e. The zero-order valence-electron chi connectivity index (χ0n) is 10.6. The Morgan fingerprint density at radius 1 is 1.33 bits per heavy atom. The Kier molecular flexibility index (Phi) is 9.06. The van der Waals surface area contributed by atoms with E-state index in [0.717, 1.165) is 13.0 Å². The van der Waals surface area contributed by atoms with Crippen molar-refractivity contribution < 1.29 is 9.84 Å². The van der Waals surface area contributed by atoms with Crippen LogP contribution >= 0.6 is 0 Å².